The number of rotatable bonds is 4. The van der Waals surface area contributed by atoms with E-state index >= 15 is 0 Å². The average molecular weight is 330 g/mol. The first-order valence-corrected chi connectivity index (χ1v) is 9.03. The molecule has 0 spiro atoms. The molecule has 1 aromatic rings. The van der Waals surface area contributed by atoms with Gasteiger partial charge in [0, 0.05) is 17.3 Å². The Labute approximate surface area is 142 Å². The highest BCUT2D eigenvalue weighted by Gasteiger charge is 2.31. The van der Waals surface area contributed by atoms with Crippen molar-refractivity contribution in [2.75, 3.05) is 10.6 Å². The molecule has 0 heterocycles. The zero-order valence-corrected chi connectivity index (χ0v) is 14.0. The fourth-order valence-corrected chi connectivity index (χ4v) is 3.77. The van der Waals surface area contributed by atoms with Gasteiger partial charge in [-0.3, -0.25) is 9.59 Å². The average Bonchev–Trinajstić information content (AvgIpc) is 3.02. The summed E-state index contributed by atoms with van der Waals surface area (Å²) in [5.41, 5.74) is 1.36. The molecule has 5 nitrogen and oxygen atoms in total. The smallest absolute Gasteiger partial charge is 0.230 e. The third-order valence-electron chi connectivity index (χ3n) is 5.19. The fraction of sp³-hybridized carbons (Fsp3) is 0.579. The molecule has 2 amide bonds. The molecule has 5 heteroatoms. The molecule has 0 bridgehead atoms. The first-order chi connectivity index (χ1) is 11.6. The molecule has 2 fully saturated rings. The van der Waals surface area contributed by atoms with Gasteiger partial charge >= 0.3 is 0 Å². The molecular weight excluding hydrogens is 304 g/mol. The van der Waals surface area contributed by atoms with Crippen LogP contribution in [0.4, 0.5) is 11.4 Å². The summed E-state index contributed by atoms with van der Waals surface area (Å²) in [4.78, 5) is 24.6. The molecule has 3 N–H and O–H groups in total. The third-order valence-corrected chi connectivity index (χ3v) is 5.19. The summed E-state index contributed by atoms with van der Waals surface area (Å²) < 4.78 is 0. The summed E-state index contributed by atoms with van der Waals surface area (Å²) >= 11 is 0. The van der Waals surface area contributed by atoms with Crippen molar-refractivity contribution < 1.29 is 14.7 Å². The van der Waals surface area contributed by atoms with Crippen LogP contribution in [0.1, 0.15) is 51.4 Å². The number of benzene rings is 1. The molecule has 1 aromatic carbocycles. The number of aliphatic hydroxyl groups excluding tert-OH is 1. The van der Waals surface area contributed by atoms with Gasteiger partial charge in [-0.1, -0.05) is 25.3 Å². The van der Waals surface area contributed by atoms with Crippen LogP contribution in [0.25, 0.3) is 0 Å². The van der Waals surface area contributed by atoms with Gasteiger partial charge in [0.05, 0.1) is 12.0 Å². The summed E-state index contributed by atoms with van der Waals surface area (Å²) in [7, 11) is 0. The Morgan fingerprint density at radius 3 is 2.17 bits per heavy atom. The lowest BCUT2D eigenvalue weighted by Gasteiger charge is -2.21. The number of aliphatic hydroxyl groups is 1. The maximum absolute atomic E-state index is 12.3. The minimum Gasteiger partial charge on any atom is -0.392 e. The summed E-state index contributed by atoms with van der Waals surface area (Å²) in [5, 5.41) is 15.7. The van der Waals surface area contributed by atoms with Gasteiger partial charge in [0.1, 0.15) is 0 Å². The van der Waals surface area contributed by atoms with E-state index in [4.69, 9.17) is 0 Å². The molecule has 0 aliphatic heterocycles. The second-order valence-electron chi connectivity index (χ2n) is 7.00. The molecule has 2 aliphatic carbocycles. The summed E-state index contributed by atoms with van der Waals surface area (Å²) in [6.07, 6.45) is 7.15. The molecule has 3 rings (SSSR count). The van der Waals surface area contributed by atoms with Gasteiger partial charge in [0.15, 0.2) is 0 Å². The highest BCUT2D eigenvalue weighted by atomic mass is 16.3. The zero-order valence-electron chi connectivity index (χ0n) is 14.0. The lowest BCUT2D eigenvalue weighted by atomic mass is 9.88. The van der Waals surface area contributed by atoms with Crippen LogP contribution in [-0.2, 0) is 9.59 Å². The highest BCUT2D eigenvalue weighted by Crippen LogP contribution is 2.28. The fourth-order valence-electron chi connectivity index (χ4n) is 3.77. The van der Waals surface area contributed by atoms with Crippen LogP contribution in [0.5, 0.6) is 0 Å². The van der Waals surface area contributed by atoms with Crippen LogP contribution in [0.3, 0.4) is 0 Å². The first kappa shape index (κ1) is 17.0. The molecule has 24 heavy (non-hydrogen) atoms. The normalized spacial score (nSPS) is 24.5. The Morgan fingerprint density at radius 1 is 0.875 bits per heavy atom. The Bertz CT molecular complexity index is 596. The topological polar surface area (TPSA) is 78.4 Å². The number of carbonyl (C=O) groups is 2. The van der Waals surface area contributed by atoms with Crippen molar-refractivity contribution in [1.82, 2.24) is 0 Å². The predicted octanol–water partition coefficient (Wildman–Crippen LogP) is 3.30. The van der Waals surface area contributed by atoms with E-state index in [1.807, 2.05) is 12.1 Å². The second kappa shape index (κ2) is 7.79. The van der Waals surface area contributed by atoms with E-state index in [2.05, 4.69) is 10.6 Å². The van der Waals surface area contributed by atoms with Crippen LogP contribution in [0.15, 0.2) is 24.3 Å². The Morgan fingerprint density at radius 2 is 1.54 bits per heavy atom. The molecule has 0 radical (unpaired) electrons. The zero-order chi connectivity index (χ0) is 16.9. The van der Waals surface area contributed by atoms with Gasteiger partial charge in [0.25, 0.3) is 0 Å². The molecule has 2 atom stereocenters. The van der Waals surface area contributed by atoms with E-state index in [1.165, 1.54) is 6.42 Å². The standard InChI is InChI=1S/C19H26N2O3/c22-17-11-5-10-16(17)19(24)21-15-9-4-8-14(12-15)20-18(23)13-6-2-1-3-7-13/h4,8-9,12-13,16-17,22H,1-3,5-7,10-11H2,(H,20,23)(H,21,24). The van der Waals surface area contributed by atoms with Crippen molar-refractivity contribution in [3.05, 3.63) is 24.3 Å². The number of hydrogen-bond donors (Lipinski definition) is 3. The molecule has 130 valence electrons. The lowest BCUT2D eigenvalue weighted by molar-refractivity contribution is -0.122. The van der Waals surface area contributed by atoms with Gasteiger partial charge in [0.2, 0.25) is 11.8 Å². The van der Waals surface area contributed by atoms with Gasteiger partial charge in [-0.15, -0.1) is 0 Å². The Balaban J connectivity index is 1.59. The van der Waals surface area contributed by atoms with E-state index in [-0.39, 0.29) is 23.7 Å². The molecule has 0 saturated heterocycles. The van der Waals surface area contributed by atoms with E-state index in [0.717, 1.165) is 38.5 Å². The van der Waals surface area contributed by atoms with Crippen LogP contribution < -0.4 is 10.6 Å². The van der Waals surface area contributed by atoms with E-state index in [1.54, 1.807) is 12.1 Å². The number of anilines is 2. The van der Waals surface area contributed by atoms with Gasteiger partial charge in [-0.25, -0.2) is 0 Å². The van der Waals surface area contributed by atoms with Gasteiger partial charge < -0.3 is 15.7 Å². The molecule has 2 unspecified atom stereocenters. The largest absolute Gasteiger partial charge is 0.392 e. The number of amides is 2. The maximum Gasteiger partial charge on any atom is 0.230 e. The van der Waals surface area contributed by atoms with E-state index in [0.29, 0.717) is 17.8 Å². The lowest BCUT2D eigenvalue weighted by Crippen LogP contribution is -2.28. The van der Waals surface area contributed by atoms with Crippen LogP contribution >= 0.6 is 0 Å². The van der Waals surface area contributed by atoms with Crippen molar-refractivity contribution in [2.24, 2.45) is 11.8 Å². The molecule has 2 saturated carbocycles. The van der Waals surface area contributed by atoms with Crippen molar-refractivity contribution in [3.63, 3.8) is 0 Å². The maximum atomic E-state index is 12.3. The monoisotopic (exact) mass is 330 g/mol. The Kier molecular flexibility index (Phi) is 5.51. The SMILES string of the molecule is O=C(Nc1cccc(NC(=O)C2CCCC2O)c1)C1CCCCC1. The number of carbonyl (C=O) groups excluding carboxylic acids is 2. The van der Waals surface area contributed by atoms with Crippen LogP contribution in [0, 0.1) is 11.8 Å². The van der Waals surface area contributed by atoms with Gasteiger partial charge in [-0.2, -0.15) is 0 Å². The highest BCUT2D eigenvalue weighted by molar-refractivity contribution is 5.96. The minimum atomic E-state index is -0.542. The van der Waals surface area contributed by atoms with Crippen LogP contribution in [-0.4, -0.2) is 23.0 Å². The second-order valence-corrected chi connectivity index (χ2v) is 7.00. The van der Waals surface area contributed by atoms with Crippen molar-refractivity contribution in [1.29, 1.82) is 0 Å². The van der Waals surface area contributed by atoms with E-state index in [9.17, 15) is 14.7 Å². The third kappa shape index (κ3) is 4.15. The summed E-state index contributed by atoms with van der Waals surface area (Å²) in [5.74, 6) is -0.295. The van der Waals surface area contributed by atoms with Crippen molar-refractivity contribution in [3.8, 4) is 0 Å². The summed E-state index contributed by atoms with van der Waals surface area (Å²) in [6.45, 7) is 0. The van der Waals surface area contributed by atoms with Gasteiger partial charge in [-0.05, 0) is 50.3 Å². The molecule has 2 aliphatic rings. The van der Waals surface area contributed by atoms with E-state index < -0.39 is 6.10 Å². The number of hydrogen-bond acceptors (Lipinski definition) is 3. The quantitative estimate of drug-likeness (QED) is 0.792. The van der Waals surface area contributed by atoms with Crippen LogP contribution in [0.2, 0.25) is 0 Å². The molecule has 0 aromatic heterocycles. The first-order valence-electron chi connectivity index (χ1n) is 9.03. The number of nitrogens with one attached hydrogen (secondary N) is 2. The van der Waals surface area contributed by atoms with Crippen molar-refractivity contribution in [2.45, 2.75) is 57.5 Å². The Hall–Kier alpha value is -1.88. The summed E-state index contributed by atoms with van der Waals surface area (Å²) in [6, 6.07) is 7.23. The molecular formula is C19H26N2O3. The van der Waals surface area contributed by atoms with Crippen molar-refractivity contribution >= 4 is 23.2 Å². The minimum absolute atomic E-state index is 0.0735. The predicted molar refractivity (Wildman–Crippen MR) is 93.6 cm³/mol.